The van der Waals surface area contributed by atoms with E-state index < -0.39 is 0 Å². The summed E-state index contributed by atoms with van der Waals surface area (Å²) in [6, 6.07) is 0. The summed E-state index contributed by atoms with van der Waals surface area (Å²) in [5, 5.41) is 0. The van der Waals surface area contributed by atoms with Crippen molar-refractivity contribution < 1.29 is 9.53 Å². The molecule has 0 heterocycles. The normalized spacial score (nSPS) is 10.7. The number of hydrogen-bond acceptors (Lipinski definition) is 2. The van der Waals surface area contributed by atoms with Crippen LogP contribution in [0.25, 0.3) is 0 Å². The Bertz CT molecular complexity index is 348. The monoisotopic (exact) mass is 204 g/mol. The van der Waals surface area contributed by atoms with Crippen molar-refractivity contribution in [2.45, 2.75) is 20.8 Å². The molecule has 15 heavy (non-hydrogen) atoms. The smallest absolute Gasteiger partial charge is 0.330 e. The minimum atomic E-state index is -0.339. The highest BCUT2D eigenvalue weighted by atomic mass is 16.5. The van der Waals surface area contributed by atoms with Gasteiger partial charge < -0.3 is 4.74 Å². The van der Waals surface area contributed by atoms with Gasteiger partial charge in [-0.3, -0.25) is 0 Å². The van der Waals surface area contributed by atoms with E-state index in [1.54, 1.807) is 19.1 Å². The van der Waals surface area contributed by atoms with Crippen molar-refractivity contribution in [1.29, 1.82) is 0 Å². The first kappa shape index (κ1) is 13.2. The fourth-order valence-electron chi connectivity index (χ4n) is 0.708. The standard InChI is InChI=1S/C13H16O2/c1-5-15-13(14)8-6-7-12(4)10-9-11(2)3/h6-8H,2,5H2,1,3-4H3. The molecule has 0 rings (SSSR count). The molecule has 0 aliphatic carbocycles. The van der Waals surface area contributed by atoms with Crippen LogP contribution in [0.2, 0.25) is 0 Å². The zero-order valence-corrected chi connectivity index (χ0v) is 9.46. The van der Waals surface area contributed by atoms with E-state index in [-0.39, 0.29) is 5.97 Å². The Balaban J connectivity index is 4.23. The molecule has 0 radical (unpaired) electrons. The Morgan fingerprint density at radius 1 is 1.40 bits per heavy atom. The number of ether oxygens (including phenoxy) is 1. The quantitative estimate of drug-likeness (QED) is 0.306. The van der Waals surface area contributed by atoms with Gasteiger partial charge in [-0.15, -0.1) is 0 Å². The molecule has 0 aliphatic rings. The van der Waals surface area contributed by atoms with Crippen LogP contribution in [0.15, 0.2) is 36.0 Å². The van der Waals surface area contributed by atoms with Gasteiger partial charge >= 0.3 is 5.97 Å². The van der Waals surface area contributed by atoms with E-state index in [1.807, 2.05) is 13.8 Å². The first-order valence-corrected chi connectivity index (χ1v) is 4.75. The van der Waals surface area contributed by atoms with Gasteiger partial charge in [0.1, 0.15) is 0 Å². The average molecular weight is 204 g/mol. The Kier molecular flexibility index (Phi) is 6.74. The third-order valence-electron chi connectivity index (χ3n) is 1.34. The maximum atomic E-state index is 10.9. The maximum absolute atomic E-state index is 10.9. The van der Waals surface area contributed by atoms with Crippen LogP contribution >= 0.6 is 0 Å². The molecule has 0 aliphatic heterocycles. The summed E-state index contributed by atoms with van der Waals surface area (Å²) in [7, 11) is 0. The lowest BCUT2D eigenvalue weighted by Crippen LogP contribution is -1.98. The summed E-state index contributed by atoms with van der Waals surface area (Å²) in [5.74, 6) is 5.40. The third kappa shape index (κ3) is 8.58. The first-order valence-electron chi connectivity index (χ1n) is 4.75. The summed E-state index contributed by atoms with van der Waals surface area (Å²) in [5.41, 5.74) is 1.69. The van der Waals surface area contributed by atoms with Crippen molar-refractivity contribution >= 4 is 5.97 Å². The molecular formula is C13H16O2. The van der Waals surface area contributed by atoms with E-state index in [0.29, 0.717) is 6.61 Å². The van der Waals surface area contributed by atoms with E-state index in [9.17, 15) is 4.79 Å². The molecule has 0 aromatic carbocycles. The molecule has 0 atom stereocenters. The molecule has 0 spiro atoms. The van der Waals surface area contributed by atoms with Crippen LogP contribution in [0.3, 0.4) is 0 Å². The lowest BCUT2D eigenvalue weighted by molar-refractivity contribution is -0.137. The SMILES string of the molecule is C=C(C)C#CC(C)=CC=CC(=O)OCC. The topological polar surface area (TPSA) is 26.3 Å². The zero-order chi connectivity index (χ0) is 11.7. The highest BCUT2D eigenvalue weighted by molar-refractivity contribution is 5.82. The van der Waals surface area contributed by atoms with Gasteiger partial charge in [-0.25, -0.2) is 4.79 Å². The van der Waals surface area contributed by atoms with Crippen molar-refractivity contribution in [3.8, 4) is 11.8 Å². The second-order valence-corrected chi connectivity index (χ2v) is 2.99. The zero-order valence-electron chi connectivity index (χ0n) is 9.46. The minimum Gasteiger partial charge on any atom is -0.463 e. The lowest BCUT2D eigenvalue weighted by Gasteiger charge is -1.92. The van der Waals surface area contributed by atoms with Gasteiger partial charge in [-0.05, 0) is 31.9 Å². The number of carbonyl (C=O) groups excluding carboxylic acids is 1. The fourth-order valence-corrected chi connectivity index (χ4v) is 0.708. The molecule has 0 aromatic rings. The van der Waals surface area contributed by atoms with Crippen molar-refractivity contribution in [1.82, 2.24) is 0 Å². The third-order valence-corrected chi connectivity index (χ3v) is 1.34. The van der Waals surface area contributed by atoms with Crippen LogP contribution in [0.1, 0.15) is 20.8 Å². The number of rotatable bonds is 3. The second-order valence-electron chi connectivity index (χ2n) is 2.99. The van der Waals surface area contributed by atoms with Crippen LogP contribution < -0.4 is 0 Å². The molecule has 0 saturated heterocycles. The summed E-state index contributed by atoms with van der Waals surface area (Å²) < 4.78 is 4.72. The van der Waals surface area contributed by atoms with Crippen molar-refractivity contribution in [2.75, 3.05) is 6.61 Å². The lowest BCUT2D eigenvalue weighted by atomic mass is 10.2. The highest BCUT2D eigenvalue weighted by Gasteiger charge is 1.90. The van der Waals surface area contributed by atoms with Crippen LogP contribution in [0.4, 0.5) is 0 Å². The molecule has 80 valence electrons. The molecule has 2 heteroatoms. The van der Waals surface area contributed by atoms with Gasteiger partial charge in [0, 0.05) is 6.08 Å². The van der Waals surface area contributed by atoms with Crippen molar-refractivity contribution in [3.05, 3.63) is 36.0 Å². The molecule has 0 N–H and O–H groups in total. The van der Waals surface area contributed by atoms with Crippen LogP contribution in [0.5, 0.6) is 0 Å². The fraction of sp³-hybridized carbons (Fsp3) is 0.308. The summed E-state index contributed by atoms with van der Waals surface area (Å²) in [6.07, 6.45) is 4.75. The Labute approximate surface area is 91.3 Å². The average Bonchev–Trinajstić information content (AvgIpc) is 2.15. The van der Waals surface area contributed by atoms with Gasteiger partial charge in [0.25, 0.3) is 0 Å². The molecule has 0 unspecified atom stereocenters. The summed E-state index contributed by atoms with van der Waals surface area (Å²) in [6.45, 7) is 9.53. The van der Waals surface area contributed by atoms with Gasteiger partial charge in [-0.2, -0.15) is 0 Å². The molecule has 0 saturated carbocycles. The molecule has 0 aromatic heterocycles. The largest absolute Gasteiger partial charge is 0.463 e. The Morgan fingerprint density at radius 3 is 2.60 bits per heavy atom. The number of esters is 1. The van der Waals surface area contributed by atoms with Crippen LogP contribution in [-0.2, 0) is 9.53 Å². The van der Waals surface area contributed by atoms with Crippen molar-refractivity contribution in [3.63, 3.8) is 0 Å². The highest BCUT2D eigenvalue weighted by Crippen LogP contribution is 1.92. The van der Waals surface area contributed by atoms with E-state index >= 15 is 0 Å². The Morgan fingerprint density at radius 2 is 2.07 bits per heavy atom. The predicted molar refractivity (Wildman–Crippen MR) is 62.1 cm³/mol. The van der Waals surface area contributed by atoms with Crippen LogP contribution in [-0.4, -0.2) is 12.6 Å². The van der Waals surface area contributed by atoms with Gasteiger partial charge in [-0.1, -0.05) is 30.6 Å². The molecular weight excluding hydrogens is 188 g/mol. The van der Waals surface area contributed by atoms with E-state index in [1.165, 1.54) is 6.08 Å². The summed E-state index contributed by atoms with van der Waals surface area (Å²) in [4.78, 5) is 10.9. The second kappa shape index (κ2) is 7.64. The summed E-state index contributed by atoms with van der Waals surface area (Å²) >= 11 is 0. The van der Waals surface area contributed by atoms with E-state index in [4.69, 9.17) is 4.74 Å². The van der Waals surface area contributed by atoms with E-state index in [2.05, 4.69) is 18.4 Å². The van der Waals surface area contributed by atoms with Gasteiger partial charge in [0.05, 0.1) is 6.61 Å². The number of allylic oxidation sites excluding steroid dienone is 4. The molecule has 0 amide bonds. The maximum Gasteiger partial charge on any atom is 0.330 e. The van der Waals surface area contributed by atoms with Gasteiger partial charge in [0.15, 0.2) is 0 Å². The van der Waals surface area contributed by atoms with Crippen LogP contribution in [0, 0.1) is 11.8 Å². The Hall–Kier alpha value is -1.75. The molecule has 0 bridgehead atoms. The van der Waals surface area contributed by atoms with Gasteiger partial charge in [0.2, 0.25) is 0 Å². The predicted octanol–water partition coefficient (Wildman–Crippen LogP) is 2.63. The first-order chi connectivity index (χ1) is 7.06. The molecule has 0 fully saturated rings. The van der Waals surface area contributed by atoms with E-state index in [0.717, 1.165) is 11.1 Å². The number of carbonyl (C=O) groups is 1. The minimum absolute atomic E-state index is 0.339. The molecule has 2 nitrogen and oxygen atoms in total. The number of hydrogen-bond donors (Lipinski definition) is 0. The van der Waals surface area contributed by atoms with Crippen molar-refractivity contribution in [2.24, 2.45) is 0 Å².